The molecule has 0 radical (unpaired) electrons. The number of ether oxygens (including phenoxy) is 5. The van der Waals surface area contributed by atoms with Crippen LogP contribution >= 0.6 is 0 Å². The maximum Gasteiger partial charge on any atom is 0.312 e. The summed E-state index contributed by atoms with van der Waals surface area (Å²) in [5.74, 6) is 0.688. The maximum absolute atomic E-state index is 13.8. The summed E-state index contributed by atoms with van der Waals surface area (Å²) in [4.78, 5) is 26.5. The van der Waals surface area contributed by atoms with Crippen LogP contribution < -0.4 is 29.1 Å². The van der Waals surface area contributed by atoms with Crippen LogP contribution in [0.4, 0.5) is 0 Å². The van der Waals surface area contributed by atoms with E-state index in [0.29, 0.717) is 40.7 Å². The molecule has 0 fully saturated rings. The number of methoxy groups -OCH3 is 3. The molecule has 9 heteroatoms. The minimum Gasteiger partial charge on any atom is -0.507 e. The summed E-state index contributed by atoms with van der Waals surface area (Å²) in [5.41, 5.74) is 2.62. The number of carbonyl (C=O) groups is 1. The second kappa shape index (κ2) is 11.4. The van der Waals surface area contributed by atoms with Crippen LogP contribution in [0.3, 0.4) is 0 Å². The number of fused-ring (bicyclic) bond motifs is 3. The molecule has 6 rings (SSSR count). The molecule has 4 aromatic carbocycles. The van der Waals surface area contributed by atoms with Crippen molar-refractivity contribution in [1.29, 1.82) is 0 Å². The number of carbonyl (C=O) groups excluding carboxylic acids is 1. The molecule has 1 N–H and O–H groups in total. The lowest BCUT2D eigenvalue weighted by atomic mass is 9.84. The average molecular weight is 581 g/mol. The highest BCUT2D eigenvalue weighted by molar-refractivity contribution is 5.94. The number of hydrogen-bond acceptors (Lipinski definition) is 9. The summed E-state index contributed by atoms with van der Waals surface area (Å²) in [5, 5.41) is 10.9. The van der Waals surface area contributed by atoms with Gasteiger partial charge in [0.05, 0.1) is 33.3 Å². The summed E-state index contributed by atoms with van der Waals surface area (Å²) in [6, 6.07) is 21.5. The predicted molar refractivity (Wildman–Crippen MR) is 159 cm³/mol. The summed E-state index contributed by atoms with van der Waals surface area (Å²) in [6.45, 7) is 0.354. The largest absolute Gasteiger partial charge is 0.507 e. The lowest BCUT2D eigenvalue weighted by Crippen LogP contribution is -2.22. The molecule has 5 aromatic rings. The Hall–Kier alpha value is -5.44. The van der Waals surface area contributed by atoms with E-state index in [1.54, 1.807) is 37.4 Å². The van der Waals surface area contributed by atoms with E-state index in [-0.39, 0.29) is 34.5 Å². The molecule has 1 aliphatic rings. The van der Waals surface area contributed by atoms with Gasteiger partial charge < -0.3 is 33.2 Å². The lowest BCUT2D eigenvalue weighted by molar-refractivity contribution is -0.135. The number of benzene rings is 4. The van der Waals surface area contributed by atoms with Gasteiger partial charge in [0, 0.05) is 17.5 Å². The van der Waals surface area contributed by atoms with E-state index in [1.165, 1.54) is 26.5 Å². The Morgan fingerprint density at radius 2 is 1.56 bits per heavy atom. The van der Waals surface area contributed by atoms with Gasteiger partial charge in [-0.3, -0.25) is 9.59 Å². The average Bonchev–Trinajstić information content (AvgIpc) is 3.03. The molecule has 0 saturated carbocycles. The molecule has 43 heavy (non-hydrogen) atoms. The highest BCUT2D eigenvalue weighted by Gasteiger charge is 2.34. The van der Waals surface area contributed by atoms with Gasteiger partial charge in [0.15, 0.2) is 23.0 Å². The molecule has 2 heterocycles. The first-order valence-electron chi connectivity index (χ1n) is 13.5. The minimum atomic E-state index is -0.550. The number of phenols is 1. The zero-order valence-electron chi connectivity index (χ0n) is 23.7. The van der Waals surface area contributed by atoms with Gasteiger partial charge in [0.2, 0.25) is 5.43 Å². The number of phenolic OH excluding ortho intramolecular Hbond substituents is 1. The standard InChI is InChI=1S/C34H28O9/c1-38-25-11-9-21(14-27(25)39-2)23-18-42-34-31-22(15-30(36)43-29(31)16-24(35)32(34)33(23)37)20-10-12-26(28(13-20)40-3)41-17-19-7-5-4-6-8-19/h4-14,16,18,22,35H,15,17H2,1-3H3/t22-/m0/s1. The molecule has 0 saturated heterocycles. The number of hydrogen-bond donors (Lipinski definition) is 1. The SMILES string of the molecule is COc1ccc(-c2coc3c4c(cc(O)c3c2=O)OC(=O)C[C@H]4c2ccc(OCc3ccccc3)c(OC)c2)cc1OC. The van der Waals surface area contributed by atoms with Crippen LogP contribution in [-0.2, 0) is 11.4 Å². The number of rotatable bonds is 8. The van der Waals surface area contributed by atoms with Crippen LogP contribution in [0.25, 0.3) is 22.1 Å². The Kier molecular flexibility index (Phi) is 7.38. The summed E-state index contributed by atoms with van der Waals surface area (Å²) in [7, 11) is 4.56. The summed E-state index contributed by atoms with van der Waals surface area (Å²) in [6.07, 6.45) is 1.32. The van der Waals surface area contributed by atoms with Crippen molar-refractivity contribution in [3.05, 3.63) is 106 Å². The lowest BCUT2D eigenvalue weighted by Gasteiger charge is -2.26. The summed E-state index contributed by atoms with van der Waals surface area (Å²) < 4.78 is 33.9. The number of aromatic hydroxyl groups is 1. The van der Waals surface area contributed by atoms with E-state index in [1.807, 2.05) is 36.4 Å². The highest BCUT2D eigenvalue weighted by atomic mass is 16.5. The Morgan fingerprint density at radius 1 is 0.837 bits per heavy atom. The van der Waals surface area contributed by atoms with Crippen molar-refractivity contribution >= 4 is 16.9 Å². The van der Waals surface area contributed by atoms with Gasteiger partial charge >= 0.3 is 5.97 Å². The van der Waals surface area contributed by atoms with Crippen molar-refractivity contribution < 1.29 is 38.0 Å². The molecular formula is C34H28O9. The first-order valence-corrected chi connectivity index (χ1v) is 13.5. The molecule has 1 aromatic heterocycles. The Balaban J connectivity index is 1.44. The molecule has 1 atom stereocenters. The highest BCUT2D eigenvalue weighted by Crippen LogP contribution is 2.47. The normalized spacial score (nSPS) is 14.1. The fourth-order valence-electron chi connectivity index (χ4n) is 5.38. The first kappa shape index (κ1) is 27.7. The smallest absolute Gasteiger partial charge is 0.312 e. The fraction of sp³-hybridized carbons (Fsp3) is 0.176. The van der Waals surface area contributed by atoms with Crippen molar-refractivity contribution in [1.82, 2.24) is 0 Å². The topological polar surface area (TPSA) is 114 Å². The third-order valence-corrected chi connectivity index (χ3v) is 7.49. The zero-order chi connectivity index (χ0) is 30.1. The Morgan fingerprint density at radius 3 is 2.30 bits per heavy atom. The van der Waals surface area contributed by atoms with Crippen molar-refractivity contribution in [3.63, 3.8) is 0 Å². The van der Waals surface area contributed by atoms with Gasteiger partial charge in [-0.1, -0.05) is 42.5 Å². The maximum atomic E-state index is 13.8. The van der Waals surface area contributed by atoms with Gasteiger partial charge in [-0.25, -0.2) is 0 Å². The molecule has 9 nitrogen and oxygen atoms in total. The summed E-state index contributed by atoms with van der Waals surface area (Å²) >= 11 is 0. The fourth-order valence-corrected chi connectivity index (χ4v) is 5.38. The second-order valence-corrected chi connectivity index (χ2v) is 9.98. The third-order valence-electron chi connectivity index (χ3n) is 7.49. The second-order valence-electron chi connectivity index (χ2n) is 9.98. The zero-order valence-corrected chi connectivity index (χ0v) is 23.7. The van der Waals surface area contributed by atoms with Crippen LogP contribution in [0.1, 0.15) is 29.0 Å². The Bertz CT molecular complexity index is 1890. The molecule has 0 aliphatic carbocycles. The van der Waals surface area contributed by atoms with E-state index < -0.39 is 17.3 Å². The van der Waals surface area contributed by atoms with E-state index in [9.17, 15) is 14.7 Å². The van der Waals surface area contributed by atoms with Gasteiger partial charge in [-0.15, -0.1) is 0 Å². The molecule has 0 amide bonds. The van der Waals surface area contributed by atoms with E-state index in [4.69, 9.17) is 28.1 Å². The van der Waals surface area contributed by atoms with Crippen LogP contribution in [-0.4, -0.2) is 32.4 Å². The molecule has 218 valence electrons. The van der Waals surface area contributed by atoms with Crippen LogP contribution in [0.2, 0.25) is 0 Å². The minimum absolute atomic E-state index is 0.0125. The van der Waals surface area contributed by atoms with Gasteiger partial charge in [-0.2, -0.15) is 0 Å². The monoisotopic (exact) mass is 580 g/mol. The van der Waals surface area contributed by atoms with Crippen molar-refractivity contribution in [2.24, 2.45) is 0 Å². The van der Waals surface area contributed by atoms with Crippen LogP contribution in [0, 0.1) is 0 Å². The van der Waals surface area contributed by atoms with Crippen molar-refractivity contribution in [2.75, 3.05) is 21.3 Å². The van der Waals surface area contributed by atoms with Gasteiger partial charge in [0.1, 0.15) is 35.3 Å². The molecule has 0 spiro atoms. The number of esters is 1. The first-order chi connectivity index (χ1) is 20.9. The quantitative estimate of drug-likeness (QED) is 0.169. The molecule has 1 aliphatic heterocycles. The van der Waals surface area contributed by atoms with E-state index in [2.05, 4.69) is 0 Å². The van der Waals surface area contributed by atoms with Crippen molar-refractivity contribution in [3.8, 4) is 45.6 Å². The molecule has 0 unspecified atom stereocenters. The predicted octanol–water partition coefficient (Wildman–Crippen LogP) is 6.21. The Labute approximate surface area is 246 Å². The van der Waals surface area contributed by atoms with Gasteiger partial charge in [-0.05, 0) is 41.0 Å². The van der Waals surface area contributed by atoms with Crippen LogP contribution in [0.5, 0.6) is 34.5 Å². The van der Waals surface area contributed by atoms with Crippen LogP contribution in [0.15, 0.2) is 88.3 Å². The van der Waals surface area contributed by atoms with Crippen molar-refractivity contribution in [2.45, 2.75) is 18.9 Å². The van der Waals surface area contributed by atoms with Gasteiger partial charge in [0.25, 0.3) is 0 Å². The molecule has 0 bridgehead atoms. The van der Waals surface area contributed by atoms with E-state index in [0.717, 1.165) is 11.1 Å². The molecular weight excluding hydrogens is 552 g/mol. The van der Waals surface area contributed by atoms with E-state index >= 15 is 0 Å². The third kappa shape index (κ3) is 5.10.